The number of benzene rings is 1. The second-order valence-electron chi connectivity index (χ2n) is 8.67. The van der Waals surface area contributed by atoms with Crippen LogP contribution >= 0.6 is 0 Å². The van der Waals surface area contributed by atoms with Gasteiger partial charge < -0.3 is 9.80 Å². The number of carbonyl (C=O) groups is 2. The van der Waals surface area contributed by atoms with Crippen molar-refractivity contribution in [3.8, 4) is 0 Å². The molecule has 1 aromatic carbocycles. The fraction of sp³-hybridized carbons (Fsp3) is 0.652. The molecule has 1 aliphatic carbocycles. The van der Waals surface area contributed by atoms with Crippen LogP contribution in [-0.4, -0.2) is 65.3 Å². The van der Waals surface area contributed by atoms with Crippen molar-refractivity contribution < 1.29 is 9.59 Å². The lowest BCUT2D eigenvalue weighted by Gasteiger charge is -2.27. The summed E-state index contributed by atoms with van der Waals surface area (Å²) < 4.78 is 0. The summed E-state index contributed by atoms with van der Waals surface area (Å²) in [6, 6.07) is 10.2. The van der Waals surface area contributed by atoms with E-state index >= 15 is 0 Å². The Balaban J connectivity index is 1.29. The van der Waals surface area contributed by atoms with Crippen molar-refractivity contribution in [2.24, 2.45) is 5.92 Å². The molecule has 28 heavy (non-hydrogen) atoms. The lowest BCUT2D eigenvalue weighted by molar-refractivity contribution is -0.132. The number of carbonyl (C=O) groups excluding carboxylic acids is 2. The Hall–Kier alpha value is -1.88. The van der Waals surface area contributed by atoms with Gasteiger partial charge in [-0.05, 0) is 37.2 Å². The first kappa shape index (κ1) is 19.4. The SMILES string of the molecule is O=C(CC1CCCC1)N1CCCN([C@@H]2CCN(Cc3ccccc3)C2=O)CC1. The smallest absolute Gasteiger partial charge is 0.240 e. The van der Waals surface area contributed by atoms with Gasteiger partial charge in [-0.2, -0.15) is 0 Å². The summed E-state index contributed by atoms with van der Waals surface area (Å²) in [5.41, 5.74) is 1.19. The van der Waals surface area contributed by atoms with Crippen LogP contribution in [0, 0.1) is 5.92 Å². The highest BCUT2D eigenvalue weighted by molar-refractivity contribution is 5.84. The molecule has 4 rings (SSSR count). The molecule has 0 unspecified atom stereocenters. The van der Waals surface area contributed by atoms with Crippen LogP contribution in [0.15, 0.2) is 30.3 Å². The van der Waals surface area contributed by atoms with E-state index in [-0.39, 0.29) is 11.9 Å². The third-order valence-corrected chi connectivity index (χ3v) is 6.75. The minimum atomic E-state index is -0.00593. The number of likely N-dealkylation sites (tertiary alicyclic amines) is 1. The number of rotatable bonds is 5. The van der Waals surface area contributed by atoms with Crippen LogP contribution in [0.3, 0.4) is 0 Å². The molecule has 152 valence electrons. The minimum absolute atomic E-state index is 0.00593. The standard InChI is InChI=1S/C23H33N3O2/c27-22(17-19-7-4-5-8-19)25-13-6-12-24(15-16-25)21-11-14-26(23(21)28)18-20-9-2-1-3-10-20/h1-3,9-10,19,21H,4-8,11-18H2/t21-/m1/s1. The largest absolute Gasteiger partial charge is 0.341 e. The van der Waals surface area contributed by atoms with E-state index in [1.165, 1.54) is 31.2 Å². The van der Waals surface area contributed by atoms with Gasteiger partial charge in [0.1, 0.15) is 0 Å². The molecule has 0 bridgehead atoms. The van der Waals surface area contributed by atoms with E-state index in [4.69, 9.17) is 0 Å². The van der Waals surface area contributed by atoms with Gasteiger partial charge in [0.25, 0.3) is 0 Å². The minimum Gasteiger partial charge on any atom is -0.341 e. The summed E-state index contributed by atoms with van der Waals surface area (Å²) in [7, 11) is 0. The Labute approximate surface area is 168 Å². The van der Waals surface area contributed by atoms with E-state index in [0.29, 0.717) is 18.4 Å². The quantitative estimate of drug-likeness (QED) is 0.785. The van der Waals surface area contributed by atoms with Crippen LogP contribution in [0.4, 0.5) is 0 Å². The first-order valence-corrected chi connectivity index (χ1v) is 11.1. The van der Waals surface area contributed by atoms with Crippen molar-refractivity contribution in [3.63, 3.8) is 0 Å². The number of hydrogen-bond acceptors (Lipinski definition) is 3. The summed E-state index contributed by atoms with van der Waals surface area (Å²) in [6.07, 6.45) is 7.62. The van der Waals surface area contributed by atoms with Crippen LogP contribution in [0.2, 0.25) is 0 Å². The predicted octanol–water partition coefficient (Wildman–Crippen LogP) is 2.90. The second-order valence-corrected chi connectivity index (χ2v) is 8.67. The molecule has 3 aliphatic rings. The average Bonchev–Trinajstić information content (AvgIpc) is 3.26. The molecule has 0 aromatic heterocycles. The Bertz CT molecular complexity index is 672. The zero-order valence-electron chi connectivity index (χ0n) is 16.9. The normalized spacial score (nSPS) is 24.7. The summed E-state index contributed by atoms with van der Waals surface area (Å²) in [5, 5.41) is 0. The molecule has 2 amide bonds. The monoisotopic (exact) mass is 383 g/mol. The Morgan fingerprint density at radius 3 is 2.46 bits per heavy atom. The highest BCUT2D eigenvalue weighted by Crippen LogP contribution is 2.28. The first-order valence-electron chi connectivity index (χ1n) is 11.1. The van der Waals surface area contributed by atoms with E-state index in [9.17, 15) is 9.59 Å². The number of nitrogens with zero attached hydrogens (tertiary/aromatic N) is 3. The van der Waals surface area contributed by atoms with Gasteiger partial charge in [0, 0.05) is 45.7 Å². The molecule has 0 radical (unpaired) electrons. The van der Waals surface area contributed by atoms with Crippen LogP contribution in [0.5, 0.6) is 0 Å². The second kappa shape index (κ2) is 9.08. The van der Waals surface area contributed by atoms with Gasteiger partial charge in [-0.25, -0.2) is 0 Å². The summed E-state index contributed by atoms with van der Waals surface area (Å²) in [5.74, 6) is 1.20. The van der Waals surface area contributed by atoms with E-state index in [1.807, 2.05) is 23.1 Å². The molecule has 3 fully saturated rings. The van der Waals surface area contributed by atoms with E-state index in [1.54, 1.807) is 0 Å². The maximum atomic E-state index is 13.0. The van der Waals surface area contributed by atoms with Gasteiger partial charge in [0.05, 0.1) is 6.04 Å². The molecule has 0 spiro atoms. The van der Waals surface area contributed by atoms with Gasteiger partial charge in [0.15, 0.2) is 0 Å². The molecule has 5 nitrogen and oxygen atoms in total. The van der Waals surface area contributed by atoms with Crippen LogP contribution < -0.4 is 0 Å². The summed E-state index contributed by atoms with van der Waals surface area (Å²) in [6.45, 7) is 4.90. The van der Waals surface area contributed by atoms with Gasteiger partial charge in [-0.15, -0.1) is 0 Å². The number of amides is 2. The topological polar surface area (TPSA) is 43.9 Å². The maximum absolute atomic E-state index is 13.0. The van der Waals surface area contributed by atoms with Gasteiger partial charge in [-0.1, -0.05) is 43.2 Å². The maximum Gasteiger partial charge on any atom is 0.240 e. The zero-order valence-corrected chi connectivity index (χ0v) is 16.9. The van der Waals surface area contributed by atoms with E-state index in [2.05, 4.69) is 21.9 Å². The Kier molecular flexibility index (Phi) is 6.30. The molecule has 5 heteroatoms. The van der Waals surface area contributed by atoms with Crippen molar-refractivity contribution in [2.45, 2.75) is 57.5 Å². The van der Waals surface area contributed by atoms with Crippen LogP contribution in [0.1, 0.15) is 50.5 Å². The molecule has 1 atom stereocenters. The third kappa shape index (κ3) is 4.57. The number of hydrogen-bond donors (Lipinski definition) is 0. The van der Waals surface area contributed by atoms with Gasteiger partial charge in [-0.3, -0.25) is 14.5 Å². The van der Waals surface area contributed by atoms with E-state index in [0.717, 1.165) is 52.0 Å². The lowest BCUT2D eigenvalue weighted by Crippen LogP contribution is -2.44. The first-order chi connectivity index (χ1) is 13.7. The molecule has 2 heterocycles. The highest BCUT2D eigenvalue weighted by atomic mass is 16.2. The summed E-state index contributed by atoms with van der Waals surface area (Å²) in [4.78, 5) is 32.0. The van der Waals surface area contributed by atoms with E-state index < -0.39 is 0 Å². The fourth-order valence-corrected chi connectivity index (χ4v) is 5.11. The third-order valence-electron chi connectivity index (χ3n) is 6.75. The Morgan fingerprint density at radius 2 is 1.68 bits per heavy atom. The molecule has 1 aromatic rings. The zero-order chi connectivity index (χ0) is 19.3. The highest BCUT2D eigenvalue weighted by Gasteiger charge is 2.36. The van der Waals surface area contributed by atoms with Gasteiger partial charge >= 0.3 is 0 Å². The predicted molar refractivity (Wildman–Crippen MR) is 110 cm³/mol. The Morgan fingerprint density at radius 1 is 0.893 bits per heavy atom. The molecular formula is C23H33N3O2. The molecule has 2 saturated heterocycles. The van der Waals surface area contributed by atoms with Crippen LogP contribution in [-0.2, 0) is 16.1 Å². The molecular weight excluding hydrogens is 350 g/mol. The van der Waals surface area contributed by atoms with Crippen molar-refractivity contribution in [3.05, 3.63) is 35.9 Å². The average molecular weight is 384 g/mol. The van der Waals surface area contributed by atoms with Crippen molar-refractivity contribution in [1.82, 2.24) is 14.7 Å². The van der Waals surface area contributed by atoms with Crippen molar-refractivity contribution >= 4 is 11.8 Å². The van der Waals surface area contributed by atoms with Crippen molar-refractivity contribution in [2.75, 3.05) is 32.7 Å². The van der Waals surface area contributed by atoms with Crippen molar-refractivity contribution in [1.29, 1.82) is 0 Å². The van der Waals surface area contributed by atoms with Crippen LogP contribution in [0.25, 0.3) is 0 Å². The fourth-order valence-electron chi connectivity index (χ4n) is 5.11. The molecule has 1 saturated carbocycles. The molecule has 0 N–H and O–H groups in total. The summed E-state index contributed by atoms with van der Waals surface area (Å²) >= 11 is 0. The molecule has 2 aliphatic heterocycles. The van der Waals surface area contributed by atoms with Gasteiger partial charge in [0.2, 0.25) is 11.8 Å². The lowest BCUT2D eigenvalue weighted by atomic mass is 10.0.